The lowest BCUT2D eigenvalue weighted by Crippen LogP contribution is -2.56. The van der Waals surface area contributed by atoms with Gasteiger partial charge in [-0.05, 0) is 37.8 Å². The molecule has 4 N–H and O–H groups in total. The second-order valence-electron chi connectivity index (χ2n) is 6.80. The van der Waals surface area contributed by atoms with Crippen molar-refractivity contribution in [2.24, 2.45) is 5.73 Å². The van der Waals surface area contributed by atoms with E-state index in [1.165, 1.54) is 0 Å². The Balaban J connectivity index is 0.00000338. The van der Waals surface area contributed by atoms with E-state index >= 15 is 0 Å². The van der Waals surface area contributed by atoms with Gasteiger partial charge in [0.1, 0.15) is 0 Å². The Morgan fingerprint density at radius 3 is 2.27 bits per heavy atom. The van der Waals surface area contributed by atoms with Crippen LogP contribution in [0.15, 0.2) is 24.3 Å². The normalized spacial score (nSPS) is 16.8. The molecule has 0 saturated carbocycles. The van der Waals surface area contributed by atoms with Crippen molar-refractivity contribution in [3.63, 3.8) is 0 Å². The molecule has 9 heteroatoms. The van der Waals surface area contributed by atoms with Gasteiger partial charge in [-0.1, -0.05) is 24.3 Å². The van der Waals surface area contributed by atoms with Crippen LogP contribution in [-0.4, -0.2) is 39.1 Å². The van der Waals surface area contributed by atoms with E-state index in [2.05, 4.69) is 10.0 Å². The lowest BCUT2D eigenvalue weighted by Gasteiger charge is -2.31. The predicted molar refractivity (Wildman–Crippen MR) is 103 cm³/mol. The molecule has 0 bridgehead atoms. The third-order valence-electron chi connectivity index (χ3n) is 4.09. The average molecular weight is 406 g/mol. The molecule has 0 atom stereocenters. The fraction of sp³-hybridized carbons (Fsp3) is 0.588. The maximum atomic E-state index is 12.3. The van der Waals surface area contributed by atoms with Crippen molar-refractivity contribution in [3.8, 4) is 0 Å². The molecule has 26 heavy (non-hydrogen) atoms. The van der Waals surface area contributed by atoms with Crippen LogP contribution in [0.4, 0.5) is 0 Å². The zero-order valence-corrected chi connectivity index (χ0v) is 16.8. The molecular weight excluding hydrogens is 378 g/mol. The number of benzene rings is 1. The molecule has 1 aromatic carbocycles. The first-order valence-corrected chi connectivity index (χ1v) is 10.1. The minimum Gasteiger partial charge on any atom is -0.381 e. The highest BCUT2D eigenvalue weighted by atomic mass is 35.5. The van der Waals surface area contributed by atoms with Gasteiger partial charge < -0.3 is 15.8 Å². The zero-order valence-electron chi connectivity index (χ0n) is 15.2. The van der Waals surface area contributed by atoms with E-state index in [-0.39, 0.29) is 30.1 Å². The van der Waals surface area contributed by atoms with Crippen molar-refractivity contribution in [1.82, 2.24) is 10.0 Å². The monoisotopic (exact) mass is 405 g/mol. The lowest BCUT2D eigenvalue weighted by atomic mass is 9.90. The Bertz CT molecular complexity index is 686. The van der Waals surface area contributed by atoms with Crippen molar-refractivity contribution < 1.29 is 17.9 Å². The van der Waals surface area contributed by atoms with Crippen LogP contribution in [0.3, 0.4) is 0 Å². The van der Waals surface area contributed by atoms with Crippen LogP contribution >= 0.6 is 12.4 Å². The number of hydrogen-bond acceptors (Lipinski definition) is 5. The highest BCUT2D eigenvalue weighted by Crippen LogP contribution is 2.18. The highest BCUT2D eigenvalue weighted by Gasteiger charge is 2.35. The summed E-state index contributed by atoms with van der Waals surface area (Å²) in [5, 5.41) is 2.85. The number of sulfonamides is 1. The number of rotatable bonds is 7. The molecule has 0 aromatic heterocycles. The summed E-state index contributed by atoms with van der Waals surface area (Å²) in [7, 11) is -3.34. The van der Waals surface area contributed by atoms with Crippen molar-refractivity contribution in [3.05, 3.63) is 35.4 Å². The van der Waals surface area contributed by atoms with Crippen LogP contribution in [0.1, 0.15) is 37.8 Å². The summed E-state index contributed by atoms with van der Waals surface area (Å²) >= 11 is 0. The van der Waals surface area contributed by atoms with Gasteiger partial charge in [0.2, 0.25) is 15.9 Å². The number of carbonyl (C=O) groups is 1. The molecule has 148 valence electrons. The molecular formula is C17H28ClN3O4S. The summed E-state index contributed by atoms with van der Waals surface area (Å²) in [4.78, 5) is 12.3. The Morgan fingerprint density at radius 2 is 1.73 bits per heavy atom. The third kappa shape index (κ3) is 6.85. The van der Waals surface area contributed by atoms with Gasteiger partial charge in [-0.15, -0.1) is 12.4 Å². The zero-order chi connectivity index (χ0) is 18.5. The van der Waals surface area contributed by atoms with Crippen molar-refractivity contribution in [2.45, 2.75) is 50.6 Å². The minimum absolute atomic E-state index is 0. The Kier molecular flexibility index (Phi) is 8.49. The first-order chi connectivity index (χ1) is 11.7. The average Bonchev–Trinajstić information content (AvgIpc) is 2.53. The second-order valence-corrected chi connectivity index (χ2v) is 8.55. The van der Waals surface area contributed by atoms with Gasteiger partial charge in [0.25, 0.3) is 0 Å². The fourth-order valence-electron chi connectivity index (χ4n) is 2.69. The van der Waals surface area contributed by atoms with Gasteiger partial charge in [-0.2, -0.15) is 0 Å². The SMILES string of the molecule is CC(C)NS(=O)(=O)Cc1ccc(CNC(=O)C2(N)CCOCC2)cc1.Cl. The number of nitrogens with one attached hydrogen (secondary N) is 2. The van der Waals surface area contributed by atoms with Crippen LogP contribution in [0.2, 0.25) is 0 Å². The summed E-state index contributed by atoms with van der Waals surface area (Å²) in [6.07, 6.45) is 1.02. The van der Waals surface area contributed by atoms with Crippen LogP contribution in [0.25, 0.3) is 0 Å². The number of hydrogen-bond donors (Lipinski definition) is 3. The topological polar surface area (TPSA) is 111 Å². The molecule has 1 aromatic rings. The van der Waals surface area contributed by atoms with Crippen molar-refractivity contribution in [1.29, 1.82) is 0 Å². The smallest absolute Gasteiger partial charge is 0.240 e. The molecule has 1 fully saturated rings. The molecule has 0 radical (unpaired) electrons. The van der Waals surface area contributed by atoms with Gasteiger partial charge in [0.15, 0.2) is 0 Å². The third-order valence-corrected chi connectivity index (χ3v) is 5.63. The summed E-state index contributed by atoms with van der Waals surface area (Å²) in [5.74, 6) is -0.243. The van der Waals surface area contributed by atoms with Gasteiger partial charge in [-0.25, -0.2) is 13.1 Å². The molecule has 1 amide bonds. The summed E-state index contributed by atoms with van der Waals surface area (Å²) in [6.45, 7) is 4.92. The Labute approximate surface area is 161 Å². The molecule has 1 heterocycles. The molecule has 1 saturated heterocycles. The maximum absolute atomic E-state index is 12.3. The standard InChI is InChI=1S/C17H27N3O4S.ClH/c1-13(2)20-25(22,23)12-15-5-3-14(4-6-15)11-19-16(21)17(18)7-9-24-10-8-17;/h3-6,13,20H,7-12,18H2,1-2H3,(H,19,21);1H. The summed E-state index contributed by atoms with van der Waals surface area (Å²) < 4.78 is 31.7. The van der Waals surface area contributed by atoms with E-state index in [4.69, 9.17) is 10.5 Å². The van der Waals surface area contributed by atoms with E-state index in [0.29, 0.717) is 38.2 Å². The molecule has 2 rings (SSSR count). The predicted octanol–water partition coefficient (Wildman–Crippen LogP) is 1.06. The summed E-state index contributed by atoms with van der Waals surface area (Å²) in [6, 6.07) is 7.01. The van der Waals surface area contributed by atoms with Crippen molar-refractivity contribution >= 4 is 28.3 Å². The van der Waals surface area contributed by atoms with Gasteiger partial charge >= 0.3 is 0 Å². The van der Waals surface area contributed by atoms with E-state index in [9.17, 15) is 13.2 Å². The molecule has 0 spiro atoms. The quantitative estimate of drug-likeness (QED) is 0.628. The van der Waals surface area contributed by atoms with E-state index in [1.54, 1.807) is 26.0 Å². The Hall–Kier alpha value is -1.19. The largest absolute Gasteiger partial charge is 0.381 e. The first-order valence-electron chi connectivity index (χ1n) is 8.43. The number of ether oxygens (including phenoxy) is 1. The van der Waals surface area contributed by atoms with Crippen molar-refractivity contribution in [2.75, 3.05) is 13.2 Å². The highest BCUT2D eigenvalue weighted by molar-refractivity contribution is 7.88. The van der Waals surface area contributed by atoms with Crippen LogP contribution in [0.5, 0.6) is 0 Å². The van der Waals surface area contributed by atoms with Gasteiger partial charge in [0.05, 0.1) is 11.3 Å². The number of carbonyl (C=O) groups excluding carboxylic acids is 1. The first kappa shape index (κ1) is 22.9. The summed E-state index contributed by atoms with van der Waals surface area (Å²) in [5.41, 5.74) is 6.86. The Morgan fingerprint density at radius 1 is 1.19 bits per heavy atom. The molecule has 7 nitrogen and oxygen atoms in total. The second kappa shape index (κ2) is 9.66. The number of nitrogens with two attached hydrogens (primary N) is 1. The van der Waals surface area contributed by atoms with Crippen LogP contribution in [-0.2, 0) is 31.9 Å². The molecule has 0 unspecified atom stereocenters. The number of amides is 1. The van der Waals surface area contributed by atoms with E-state index in [0.717, 1.165) is 5.56 Å². The van der Waals surface area contributed by atoms with E-state index < -0.39 is 15.6 Å². The fourth-order valence-corrected chi connectivity index (χ4v) is 4.13. The van der Waals surface area contributed by atoms with Gasteiger partial charge in [0, 0.05) is 25.8 Å². The van der Waals surface area contributed by atoms with E-state index in [1.807, 2.05) is 12.1 Å². The van der Waals surface area contributed by atoms with Gasteiger partial charge in [-0.3, -0.25) is 4.79 Å². The number of halogens is 1. The maximum Gasteiger partial charge on any atom is 0.240 e. The van der Waals surface area contributed by atoms with Crippen LogP contribution in [0, 0.1) is 0 Å². The lowest BCUT2D eigenvalue weighted by molar-refractivity contribution is -0.129. The molecule has 1 aliphatic rings. The minimum atomic E-state index is -3.34. The molecule has 0 aliphatic carbocycles. The molecule has 1 aliphatic heterocycles. The van der Waals surface area contributed by atoms with Crippen LogP contribution < -0.4 is 15.8 Å².